The highest BCUT2D eigenvalue weighted by Crippen LogP contribution is 2.20. The van der Waals surface area contributed by atoms with Crippen molar-refractivity contribution >= 4 is 5.97 Å². The van der Waals surface area contributed by atoms with Crippen LogP contribution in [0.25, 0.3) is 0 Å². The largest absolute Gasteiger partial charge is 0.479 e. The van der Waals surface area contributed by atoms with E-state index in [1.54, 1.807) is 37.4 Å². The predicted molar refractivity (Wildman–Crippen MR) is 51.9 cm³/mol. The summed E-state index contributed by atoms with van der Waals surface area (Å²) in [5, 5.41) is 21.5. The van der Waals surface area contributed by atoms with Crippen LogP contribution >= 0.6 is 0 Å². The van der Waals surface area contributed by atoms with E-state index in [4.69, 9.17) is 5.11 Å². The number of aliphatic carboxylic acids is 1. The molecule has 1 aromatic rings. The number of rotatable bonds is 4. The SMILES string of the molecule is CNCC(O)(C(=O)O)c1ccccc1. The van der Waals surface area contributed by atoms with Gasteiger partial charge in [0.15, 0.2) is 5.60 Å². The van der Waals surface area contributed by atoms with E-state index in [2.05, 4.69) is 5.32 Å². The lowest BCUT2D eigenvalue weighted by Gasteiger charge is -2.23. The summed E-state index contributed by atoms with van der Waals surface area (Å²) < 4.78 is 0. The third-order valence-electron chi connectivity index (χ3n) is 2.04. The molecule has 1 atom stereocenters. The van der Waals surface area contributed by atoms with Crippen LogP contribution in [-0.4, -0.2) is 29.8 Å². The summed E-state index contributed by atoms with van der Waals surface area (Å²) in [6.45, 7) is -0.0215. The van der Waals surface area contributed by atoms with Crippen molar-refractivity contribution in [1.82, 2.24) is 5.32 Å². The topological polar surface area (TPSA) is 69.6 Å². The molecule has 14 heavy (non-hydrogen) atoms. The van der Waals surface area contributed by atoms with Gasteiger partial charge in [0.25, 0.3) is 0 Å². The molecule has 3 N–H and O–H groups in total. The molecule has 4 nitrogen and oxygen atoms in total. The van der Waals surface area contributed by atoms with Gasteiger partial charge in [0.1, 0.15) is 0 Å². The van der Waals surface area contributed by atoms with Crippen molar-refractivity contribution in [2.45, 2.75) is 5.60 Å². The number of carbonyl (C=O) groups is 1. The number of hydrogen-bond donors (Lipinski definition) is 3. The molecule has 0 aromatic heterocycles. The van der Waals surface area contributed by atoms with Gasteiger partial charge in [-0.1, -0.05) is 30.3 Å². The van der Waals surface area contributed by atoms with Crippen LogP contribution in [-0.2, 0) is 10.4 Å². The number of carboxylic acid groups (broad SMARTS) is 1. The first-order valence-electron chi connectivity index (χ1n) is 4.27. The highest BCUT2D eigenvalue weighted by molar-refractivity contribution is 5.79. The van der Waals surface area contributed by atoms with Crippen molar-refractivity contribution in [2.75, 3.05) is 13.6 Å². The van der Waals surface area contributed by atoms with Crippen LogP contribution in [0.5, 0.6) is 0 Å². The summed E-state index contributed by atoms with van der Waals surface area (Å²) in [5.41, 5.74) is -1.47. The van der Waals surface area contributed by atoms with Crippen molar-refractivity contribution in [2.24, 2.45) is 0 Å². The summed E-state index contributed by atoms with van der Waals surface area (Å²) in [6, 6.07) is 8.33. The van der Waals surface area contributed by atoms with Crippen LogP contribution in [0.15, 0.2) is 30.3 Å². The van der Waals surface area contributed by atoms with Gasteiger partial charge >= 0.3 is 5.97 Å². The Morgan fingerprint density at radius 3 is 2.43 bits per heavy atom. The molecule has 0 fully saturated rings. The lowest BCUT2D eigenvalue weighted by atomic mass is 9.94. The number of aliphatic hydroxyl groups is 1. The number of benzene rings is 1. The molecule has 1 unspecified atom stereocenters. The van der Waals surface area contributed by atoms with E-state index in [0.29, 0.717) is 5.56 Å². The van der Waals surface area contributed by atoms with Crippen molar-refractivity contribution in [1.29, 1.82) is 0 Å². The highest BCUT2D eigenvalue weighted by atomic mass is 16.4. The van der Waals surface area contributed by atoms with Gasteiger partial charge in [-0.25, -0.2) is 4.79 Å². The Bertz CT molecular complexity index is 312. The highest BCUT2D eigenvalue weighted by Gasteiger charge is 2.36. The molecule has 0 saturated carbocycles. The third kappa shape index (κ3) is 1.92. The minimum absolute atomic E-state index is 0.0215. The Balaban J connectivity index is 3.06. The fraction of sp³-hybridized carbons (Fsp3) is 0.300. The van der Waals surface area contributed by atoms with Gasteiger partial charge in [-0.05, 0) is 12.6 Å². The summed E-state index contributed by atoms with van der Waals surface area (Å²) in [4.78, 5) is 10.9. The van der Waals surface area contributed by atoms with Crippen LogP contribution in [0.1, 0.15) is 5.56 Å². The second-order valence-corrected chi connectivity index (χ2v) is 3.06. The monoisotopic (exact) mass is 195 g/mol. The molecule has 0 amide bonds. The zero-order valence-corrected chi connectivity index (χ0v) is 7.90. The van der Waals surface area contributed by atoms with Gasteiger partial charge in [-0.2, -0.15) is 0 Å². The summed E-state index contributed by atoms with van der Waals surface area (Å²) >= 11 is 0. The van der Waals surface area contributed by atoms with Crippen LogP contribution in [0.3, 0.4) is 0 Å². The van der Waals surface area contributed by atoms with Gasteiger partial charge in [0.2, 0.25) is 0 Å². The maximum Gasteiger partial charge on any atom is 0.341 e. The van der Waals surface area contributed by atoms with E-state index in [1.165, 1.54) is 0 Å². The Morgan fingerprint density at radius 1 is 1.43 bits per heavy atom. The lowest BCUT2D eigenvalue weighted by molar-refractivity contribution is -0.159. The van der Waals surface area contributed by atoms with Crippen molar-refractivity contribution in [3.8, 4) is 0 Å². The average Bonchev–Trinajstić information content (AvgIpc) is 2.19. The fourth-order valence-electron chi connectivity index (χ4n) is 1.27. The average molecular weight is 195 g/mol. The minimum Gasteiger partial charge on any atom is -0.479 e. The normalized spacial score (nSPS) is 14.7. The van der Waals surface area contributed by atoms with Gasteiger partial charge < -0.3 is 15.5 Å². The van der Waals surface area contributed by atoms with Gasteiger partial charge in [-0.15, -0.1) is 0 Å². The molecule has 0 aliphatic rings. The smallest absolute Gasteiger partial charge is 0.341 e. The lowest BCUT2D eigenvalue weighted by Crippen LogP contribution is -2.43. The zero-order chi connectivity index (χ0) is 10.6. The van der Waals surface area contributed by atoms with Crippen LogP contribution in [0, 0.1) is 0 Å². The summed E-state index contributed by atoms with van der Waals surface area (Å²) in [5.74, 6) is -1.25. The summed E-state index contributed by atoms with van der Waals surface area (Å²) in [6.07, 6.45) is 0. The molecule has 1 aromatic carbocycles. The van der Waals surface area contributed by atoms with Crippen LogP contribution in [0.4, 0.5) is 0 Å². The predicted octanol–water partition coefficient (Wildman–Crippen LogP) is 0.178. The van der Waals surface area contributed by atoms with Crippen molar-refractivity contribution in [3.63, 3.8) is 0 Å². The van der Waals surface area contributed by atoms with E-state index in [0.717, 1.165) is 0 Å². The summed E-state index contributed by atoms with van der Waals surface area (Å²) in [7, 11) is 1.59. The van der Waals surface area contributed by atoms with Crippen LogP contribution < -0.4 is 5.32 Å². The second-order valence-electron chi connectivity index (χ2n) is 3.06. The molecule has 4 heteroatoms. The molecule has 0 radical (unpaired) electrons. The van der Waals surface area contributed by atoms with Gasteiger partial charge in [-0.3, -0.25) is 0 Å². The number of carboxylic acids is 1. The molecule has 0 heterocycles. The van der Waals surface area contributed by atoms with Crippen molar-refractivity contribution < 1.29 is 15.0 Å². The quantitative estimate of drug-likeness (QED) is 0.641. The minimum atomic E-state index is -1.85. The second kappa shape index (κ2) is 4.21. The molecule has 0 aliphatic heterocycles. The van der Waals surface area contributed by atoms with Crippen LogP contribution in [0.2, 0.25) is 0 Å². The molecule has 0 spiro atoms. The Morgan fingerprint density at radius 2 is 2.00 bits per heavy atom. The van der Waals surface area contributed by atoms with E-state index in [1.807, 2.05) is 0 Å². The number of hydrogen-bond acceptors (Lipinski definition) is 3. The zero-order valence-electron chi connectivity index (χ0n) is 7.90. The first-order valence-corrected chi connectivity index (χ1v) is 4.27. The van der Waals surface area contributed by atoms with E-state index < -0.39 is 11.6 Å². The molecular formula is C10H13NO3. The van der Waals surface area contributed by atoms with Crippen molar-refractivity contribution in [3.05, 3.63) is 35.9 Å². The first-order chi connectivity index (χ1) is 6.61. The standard InChI is InChI=1S/C10H13NO3/c1-11-7-10(14,9(12)13)8-5-3-2-4-6-8/h2-6,11,14H,7H2,1H3,(H,12,13). The Labute approximate surface area is 82.2 Å². The molecule has 76 valence electrons. The van der Waals surface area contributed by atoms with E-state index in [-0.39, 0.29) is 6.54 Å². The van der Waals surface area contributed by atoms with Gasteiger partial charge in [0.05, 0.1) is 0 Å². The molecule has 0 saturated heterocycles. The first kappa shape index (κ1) is 10.7. The maximum atomic E-state index is 10.9. The number of likely N-dealkylation sites (N-methyl/N-ethyl adjacent to an activating group) is 1. The number of nitrogens with one attached hydrogen (secondary N) is 1. The molecule has 0 bridgehead atoms. The fourth-order valence-corrected chi connectivity index (χ4v) is 1.27. The molecular weight excluding hydrogens is 182 g/mol. The van der Waals surface area contributed by atoms with Gasteiger partial charge in [0, 0.05) is 6.54 Å². The molecule has 0 aliphatic carbocycles. The third-order valence-corrected chi connectivity index (χ3v) is 2.04. The molecule has 1 rings (SSSR count). The maximum absolute atomic E-state index is 10.9. The Hall–Kier alpha value is -1.39. The van der Waals surface area contributed by atoms with E-state index in [9.17, 15) is 9.90 Å². The Kier molecular flexibility index (Phi) is 3.22. The van der Waals surface area contributed by atoms with E-state index >= 15 is 0 Å².